The van der Waals surface area contributed by atoms with Gasteiger partial charge in [-0.25, -0.2) is 0 Å². The third-order valence-electron chi connectivity index (χ3n) is 2.76. The third kappa shape index (κ3) is 3.28. The maximum absolute atomic E-state index is 6.18. The Morgan fingerprint density at radius 3 is 2.78 bits per heavy atom. The molecule has 0 aliphatic rings. The predicted molar refractivity (Wildman–Crippen MR) is 84.9 cm³/mol. The molecule has 2 rings (SSSR count). The van der Waals surface area contributed by atoms with Crippen molar-refractivity contribution in [2.24, 2.45) is 0 Å². The number of nitrogens with one attached hydrogen (secondary N) is 1. The molecule has 1 N–H and O–H groups in total. The summed E-state index contributed by atoms with van der Waals surface area (Å²) in [7, 11) is 0. The van der Waals surface area contributed by atoms with Gasteiger partial charge in [-0.3, -0.25) is 0 Å². The number of hydrogen-bond acceptors (Lipinski definition) is 2. The van der Waals surface area contributed by atoms with E-state index in [4.69, 9.17) is 11.6 Å². The summed E-state index contributed by atoms with van der Waals surface area (Å²) in [4.78, 5) is 2.75. The second kappa shape index (κ2) is 6.09. The summed E-state index contributed by atoms with van der Waals surface area (Å²) in [5, 5.41) is 4.20. The van der Waals surface area contributed by atoms with E-state index in [2.05, 4.69) is 47.2 Å². The van der Waals surface area contributed by atoms with Gasteiger partial charge in [-0.15, -0.1) is 11.3 Å². The van der Waals surface area contributed by atoms with E-state index in [1.165, 1.54) is 9.75 Å². The Morgan fingerprint density at radius 1 is 1.33 bits per heavy atom. The second-order valence-electron chi connectivity index (χ2n) is 4.15. The monoisotopic (exact) mass is 343 g/mol. The molecule has 4 heteroatoms. The van der Waals surface area contributed by atoms with Crippen LogP contribution in [-0.4, -0.2) is 0 Å². The highest BCUT2D eigenvalue weighted by atomic mass is 79.9. The van der Waals surface area contributed by atoms with Crippen LogP contribution in [0.3, 0.4) is 0 Å². The van der Waals surface area contributed by atoms with Crippen LogP contribution in [0, 0.1) is 0 Å². The zero-order valence-electron chi connectivity index (χ0n) is 10.3. The van der Waals surface area contributed by atoms with Crippen molar-refractivity contribution in [1.29, 1.82) is 0 Å². The summed E-state index contributed by atoms with van der Waals surface area (Å²) in [6.45, 7) is 4.33. The van der Waals surface area contributed by atoms with E-state index < -0.39 is 0 Å². The third-order valence-corrected chi connectivity index (χ3v) is 4.99. The summed E-state index contributed by atoms with van der Waals surface area (Å²) in [6, 6.07) is 10.5. The summed E-state index contributed by atoms with van der Waals surface area (Å²) in [5.74, 6) is 0. The Balaban J connectivity index is 2.15. The molecule has 1 unspecified atom stereocenters. The minimum atomic E-state index is 0.266. The lowest BCUT2D eigenvalue weighted by Gasteiger charge is -2.15. The molecule has 1 nitrogen and oxygen atoms in total. The van der Waals surface area contributed by atoms with Crippen LogP contribution in [-0.2, 0) is 6.42 Å². The molecule has 0 radical (unpaired) electrons. The highest BCUT2D eigenvalue weighted by Gasteiger charge is 2.10. The molecule has 1 aromatic carbocycles. The van der Waals surface area contributed by atoms with Gasteiger partial charge in [-0.05, 0) is 43.7 Å². The molecule has 18 heavy (non-hydrogen) atoms. The quantitative estimate of drug-likeness (QED) is 0.728. The maximum atomic E-state index is 6.18. The number of hydrogen-bond donors (Lipinski definition) is 1. The lowest BCUT2D eigenvalue weighted by atomic mass is 10.2. The van der Waals surface area contributed by atoms with Gasteiger partial charge in [0.1, 0.15) is 0 Å². The molecule has 0 amide bonds. The molecule has 0 saturated heterocycles. The van der Waals surface area contributed by atoms with Gasteiger partial charge in [-0.2, -0.15) is 0 Å². The Labute approximate surface area is 125 Å². The first-order chi connectivity index (χ1) is 8.60. The second-order valence-corrected chi connectivity index (χ2v) is 6.67. The fourth-order valence-corrected chi connectivity index (χ4v) is 3.22. The molecular weight excluding hydrogens is 330 g/mol. The smallest absolute Gasteiger partial charge is 0.0638 e. The van der Waals surface area contributed by atoms with Crippen LogP contribution in [0.2, 0.25) is 5.02 Å². The van der Waals surface area contributed by atoms with Crippen LogP contribution < -0.4 is 5.32 Å². The topological polar surface area (TPSA) is 12.0 Å². The first-order valence-corrected chi connectivity index (χ1v) is 7.89. The van der Waals surface area contributed by atoms with E-state index in [0.717, 1.165) is 21.6 Å². The molecule has 0 bridgehead atoms. The van der Waals surface area contributed by atoms with E-state index in [9.17, 15) is 0 Å². The molecular formula is C14H15BrClNS. The van der Waals surface area contributed by atoms with Crippen molar-refractivity contribution in [3.63, 3.8) is 0 Å². The minimum Gasteiger partial charge on any atom is -0.376 e. The van der Waals surface area contributed by atoms with Gasteiger partial charge in [-0.1, -0.05) is 34.5 Å². The predicted octanol–water partition coefficient (Wildman–Crippen LogP) is 5.90. The molecule has 0 saturated carbocycles. The average molecular weight is 345 g/mol. The number of aryl methyl sites for hydroxylation is 1. The Kier molecular flexibility index (Phi) is 4.71. The van der Waals surface area contributed by atoms with Crippen LogP contribution in [0.15, 0.2) is 34.8 Å². The van der Waals surface area contributed by atoms with Crippen molar-refractivity contribution < 1.29 is 0 Å². The molecule has 96 valence electrons. The standard InChI is InChI=1S/C14H15BrClNS/c1-3-11-5-7-14(18-11)9(2)17-13-8-10(15)4-6-12(13)16/h4-9,17H,3H2,1-2H3. The number of anilines is 1. The van der Waals surface area contributed by atoms with Crippen molar-refractivity contribution in [3.8, 4) is 0 Å². The van der Waals surface area contributed by atoms with Crippen molar-refractivity contribution in [3.05, 3.63) is 49.6 Å². The van der Waals surface area contributed by atoms with Gasteiger partial charge in [0.2, 0.25) is 0 Å². The van der Waals surface area contributed by atoms with Crippen LogP contribution in [0.5, 0.6) is 0 Å². The molecule has 1 aromatic heterocycles. The number of benzene rings is 1. The molecule has 0 spiro atoms. The van der Waals surface area contributed by atoms with Gasteiger partial charge >= 0.3 is 0 Å². The number of rotatable bonds is 4. The Hall–Kier alpha value is -0.510. The van der Waals surface area contributed by atoms with Crippen LogP contribution >= 0.6 is 38.9 Å². The molecule has 0 fully saturated rings. The van der Waals surface area contributed by atoms with Crippen LogP contribution in [0.1, 0.15) is 29.6 Å². The molecule has 1 heterocycles. The van der Waals surface area contributed by atoms with E-state index in [-0.39, 0.29) is 6.04 Å². The highest BCUT2D eigenvalue weighted by molar-refractivity contribution is 9.10. The van der Waals surface area contributed by atoms with E-state index in [1.54, 1.807) is 0 Å². The van der Waals surface area contributed by atoms with Crippen LogP contribution in [0.25, 0.3) is 0 Å². The van der Waals surface area contributed by atoms with E-state index in [1.807, 2.05) is 29.5 Å². The van der Waals surface area contributed by atoms with Crippen molar-refractivity contribution >= 4 is 44.6 Å². The number of halogens is 2. The molecule has 1 atom stereocenters. The van der Waals surface area contributed by atoms with Crippen molar-refractivity contribution in [2.75, 3.05) is 5.32 Å². The maximum Gasteiger partial charge on any atom is 0.0638 e. The van der Waals surface area contributed by atoms with Gasteiger partial charge < -0.3 is 5.32 Å². The zero-order chi connectivity index (χ0) is 13.1. The lowest BCUT2D eigenvalue weighted by molar-refractivity contribution is 0.908. The molecule has 0 aliphatic carbocycles. The van der Waals surface area contributed by atoms with Gasteiger partial charge in [0, 0.05) is 14.2 Å². The summed E-state index contributed by atoms with van der Waals surface area (Å²) < 4.78 is 1.03. The van der Waals surface area contributed by atoms with Crippen LogP contribution in [0.4, 0.5) is 5.69 Å². The summed E-state index contributed by atoms with van der Waals surface area (Å²) in [5.41, 5.74) is 0.963. The van der Waals surface area contributed by atoms with Gasteiger partial charge in [0.15, 0.2) is 0 Å². The first-order valence-electron chi connectivity index (χ1n) is 5.90. The molecule has 2 aromatic rings. The zero-order valence-corrected chi connectivity index (χ0v) is 13.5. The van der Waals surface area contributed by atoms with Gasteiger partial charge in [0.05, 0.1) is 16.8 Å². The first kappa shape index (κ1) is 13.9. The van der Waals surface area contributed by atoms with Gasteiger partial charge in [0.25, 0.3) is 0 Å². The Morgan fingerprint density at radius 2 is 2.11 bits per heavy atom. The summed E-state index contributed by atoms with van der Waals surface area (Å²) in [6.07, 6.45) is 1.09. The van der Waals surface area contributed by atoms with E-state index >= 15 is 0 Å². The highest BCUT2D eigenvalue weighted by Crippen LogP contribution is 2.31. The average Bonchev–Trinajstić information content (AvgIpc) is 2.82. The van der Waals surface area contributed by atoms with Crippen molar-refractivity contribution in [1.82, 2.24) is 0 Å². The number of thiophene rings is 1. The van der Waals surface area contributed by atoms with E-state index in [0.29, 0.717) is 0 Å². The normalized spacial score (nSPS) is 12.4. The SMILES string of the molecule is CCc1ccc(C(C)Nc2cc(Br)ccc2Cl)s1. The van der Waals surface area contributed by atoms with Crippen molar-refractivity contribution in [2.45, 2.75) is 26.3 Å². The summed E-state index contributed by atoms with van der Waals surface area (Å²) >= 11 is 11.5. The largest absolute Gasteiger partial charge is 0.376 e. The molecule has 0 aliphatic heterocycles. The minimum absolute atomic E-state index is 0.266. The fourth-order valence-electron chi connectivity index (χ4n) is 1.73. The lowest BCUT2D eigenvalue weighted by Crippen LogP contribution is -2.05. The Bertz CT molecular complexity index is 538. The fraction of sp³-hybridized carbons (Fsp3) is 0.286.